The number of nitrogens with one attached hydrogen (secondary N) is 1. The van der Waals surface area contributed by atoms with Crippen molar-refractivity contribution in [3.8, 4) is 0 Å². The van der Waals surface area contributed by atoms with E-state index in [2.05, 4.69) is 43.0 Å². The van der Waals surface area contributed by atoms with Crippen LogP contribution in [0.15, 0.2) is 16.8 Å². The molecule has 1 aromatic heterocycles. The summed E-state index contributed by atoms with van der Waals surface area (Å²) in [6, 6.07) is 2.91. The van der Waals surface area contributed by atoms with Crippen molar-refractivity contribution in [2.45, 2.75) is 39.2 Å². The maximum atomic E-state index is 3.38. The number of aryl methyl sites for hydroxylation is 1. The molecule has 1 nitrogen and oxygen atoms in total. The van der Waals surface area contributed by atoms with Crippen molar-refractivity contribution in [3.05, 3.63) is 22.4 Å². The molecule has 2 heteroatoms. The molecule has 0 spiro atoms. The topological polar surface area (TPSA) is 12.0 Å². The summed E-state index contributed by atoms with van der Waals surface area (Å²) in [6.45, 7) is 4.60. The normalized spacial score (nSPS) is 15.4. The van der Waals surface area contributed by atoms with Crippen LogP contribution < -0.4 is 5.32 Å². The van der Waals surface area contributed by atoms with Crippen LogP contribution in [-0.2, 0) is 6.42 Å². The van der Waals surface area contributed by atoms with Crippen molar-refractivity contribution >= 4 is 11.3 Å². The van der Waals surface area contributed by atoms with Gasteiger partial charge in [-0.15, -0.1) is 0 Å². The van der Waals surface area contributed by atoms with Gasteiger partial charge in [0.1, 0.15) is 0 Å². The van der Waals surface area contributed by atoms with Crippen LogP contribution in [0.5, 0.6) is 0 Å². The van der Waals surface area contributed by atoms with Crippen molar-refractivity contribution in [2.75, 3.05) is 7.05 Å². The second kappa shape index (κ2) is 6.20. The molecule has 2 atom stereocenters. The predicted octanol–water partition coefficient (Wildman–Crippen LogP) is 3.31. The molecule has 14 heavy (non-hydrogen) atoms. The van der Waals surface area contributed by atoms with Crippen LogP contribution in [-0.4, -0.2) is 13.1 Å². The molecule has 80 valence electrons. The first-order valence-electron chi connectivity index (χ1n) is 5.46. The highest BCUT2D eigenvalue weighted by Crippen LogP contribution is 2.16. The van der Waals surface area contributed by atoms with Crippen LogP contribution >= 0.6 is 11.3 Å². The third-order valence-electron chi connectivity index (χ3n) is 2.97. The molecule has 0 aliphatic rings. The first kappa shape index (κ1) is 11.7. The van der Waals surface area contributed by atoms with E-state index in [-0.39, 0.29) is 0 Å². The summed E-state index contributed by atoms with van der Waals surface area (Å²) in [7, 11) is 2.06. The van der Waals surface area contributed by atoms with Crippen molar-refractivity contribution in [2.24, 2.45) is 5.92 Å². The molecule has 0 aromatic carbocycles. The average molecular weight is 211 g/mol. The van der Waals surface area contributed by atoms with Gasteiger partial charge in [-0.1, -0.05) is 13.8 Å². The molecule has 0 saturated carbocycles. The van der Waals surface area contributed by atoms with Crippen LogP contribution in [0.25, 0.3) is 0 Å². The number of hydrogen-bond acceptors (Lipinski definition) is 2. The average Bonchev–Trinajstić information content (AvgIpc) is 2.69. The molecule has 1 aromatic rings. The van der Waals surface area contributed by atoms with E-state index in [0.717, 1.165) is 5.92 Å². The fourth-order valence-electron chi connectivity index (χ4n) is 1.92. The minimum Gasteiger partial charge on any atom is -0.317 e. The van der Waals surface area contributed by atoms with E-state index in [1.54, 1.807) is 11.3 Å². The van der Waals surface area contributed by atoms with Crippen LogP contribution in [0.2, 0.25) is 0 Å². The molecule has 2 unspecified atom stereocenters. The number of thiophene rings is 1. The second-order valence-corrected chi connectivity index (χ2v) is 4.73. The zero-order chi connectivity index (χ0) is 10.4. The Kier molecular flexibility index (Phi) is 5.20. The molecular weight excluding hydrogens is 190 g/mol. The standard InChI is InChI=1S/C12H21NS/c1-4-12(13-3)10(2)5-6-11-7-8-14-9-11/h7-10,12-13H,4-6H2,1-3H3. The van der Waals surface area contributed by atoms with Gasteiger partial charge in [-0.3, -0.25) is 0 Å². The summed E-state index contributed by atoms with van der Waals surface area (Å²) >= 11 is 1.80. The van der Waals surface area contributed by atoms with Crippen LogP contribution in [0.4, 0.5) is 0 Å². The Morgan fingerprint density at radius 1 is 1.50 bits per heavy atom. The Morgan fingerprint density at radius 2 is 2.29 bits per heavy atom. The summed E-state index contributed by atoms with van der Waals surface area (Å²) in [5.41, 5.74) is 1.49. The van der Waals surface area contributed by atoms with Gasteiger partial charge in [0, 0.05) is 6.04 Å². The predicted molar refractivity (Wildman–Crippen MR) is 64.9 cm³/mol. The largest absolute Gasteiger partial charge is 0.317 e. The SMILES string of the molecule is CCC(NC)C(C)CCc1ccsc1. The van der Waals surface area contributed by atoms with Crippen molar-refractivity contribution in [3.63, 3.8) is 0 Å². The van der Waals surface area contributed by atoms with E-state index < -0.39 is 0 Å². The monoisotopic (exact) mass is 211 g/mol. The van der Waals surface area contributed by atoms with Crippen molar-refractivity contribution < 1.29 is 0 Å². The molecule has 0 bridgehead atoms. The molecule has 0 amide bonds. The van der Waals surface area contributed by atoms with Gasteiger partial charge in [0.2, 0.25) is 0 Å². The third kappa shape index (κ3) is 3.43. The summed E-state index contributed by atoms with van der Waals surface area (Å²) in [4.78, 5) is 0. The van der Waals surface area contributed by atoms with Gasteiger partial charge in [0.15, 0.2) is 0 Å². The van der Waals surface area contributed by atoms with Gasteiger partial charge in [0.25, 0.3) is 0 Å². The van der Waals surface area contributed by atoms with Crippen LogP contribution in [0.3, 0.4) is 0 Å². The van der Waals surface area contributed by atoms with Gasteiger partial charge in [-0.2, -0.15) is 11.3 Å². The maximum Gasteiger partial charge on any atom is 0.00871 e. The number of rotatable bonds is 6. The van der Waals surface area contributed by atoms with E-state index in [9.17, 15) is 0 Å². The minimum absolute atomic E-state index is 0.675. The Balaban J connectivity index is 2.30. The van der Waals surface area contributed by atoms with Gasteiger partial charge in [-0.05, 0) is 54.6 Å². The molecule has 0 saturated heterocycles. The van der Waals surface area contributed by atoms with E-state index in [4.69, 9.17) is 0 Å². The van der Waals surface area contributed by atoms with Crippen molar-refractivity contribution in [1.29, 1.82) is 0 Å². The lowest BCUT2D eigenvalue weighted by molar-refractivity contribution is 0.368. The molecule has 1 rings (SSSR count). The lowest BCUT2D eigenvalue weighted by Crippen LogP contribution is -2.31. The van der Waals surface area contributed by atoms with Gasteiger partial charge in [-0.25, -0.2) is 0 Å². The Hall–Kier alpha value is -0.340. The third-order valence-corrected chi connectivity index (χ3v) is 3.70. The molecule has 1 N–H and O–H groups in total. The smallest absolute Gasteiger partial charge is 0.00871 e. The summed E-state index contributed by atoms with van der Waals surface area (Å²) in [5.74, 6) is 0.768. The zero-order valence-corrected chi connectivity index (χ0v) is 10.2. The molecular formula is C12H21NS. The highest BCUT2D eigenvalue weighted by atomic mass is 32.1. The Bertz CT molecular complexity index is 226. The van der Waals surface area contributed by atoms with E-state index >= 15 is 0 Å². The first-order valence-corrected chi connectivity index (χ1v) is 6.40. The molecule has 0 radical (unpaired) electrons. The van der Waals surface area contributed by atoms with Gasteiger partial charge in [0.05, 0.1) is 0 Å². The lowest BCUT2D eigenvalue weighted by Gasteiger charge is -2.21. The quantitative estimate of drug-likeness (QED) is 0.761. The van der Waals surface area contributed by atoms with Crippen LogP contribution in [0.1, 0.15) is 32.3 Å². The zero-order valence-electron chi connectivity index (χ0n) is 9.42. The fraction of sp³-hybridized carbons (Fsp3) is 0.667. The maximum absolute atomic E-state index is 3.38. The van der Waals surface area contributed by atoms with Gasteiger partial charge >= 0.3 is 0 Å². The lowest BCUT2D eigenvalue weighted by atomic mass is 9.93. The van der Waals surface area contributed by atoms with E-state index in [1.807, 2.05) is 0 Å². The first-order chi connectivity index (χ1) is 6.77. The highest BCUT2D eigenvalue weighted by molar-refractivity contribution is 7.07. The van der Waals surface area contributed by atoms with Gasteiger partial charge < -0.3 is 5.32 Å². The Labute approximate surface area is 91.5 Å². The molecule has 0 aliphatic carbocycles. The Morgan fingerprint density at radius 3 is 2.79 bits per heavy atom. The number of hydrogen-bond donors (Lipinski definition) is 1. The highest BCUT2D eigenvalue weighted by Gasteiger charge is 2.12. The van der Waals surface area contributed by atoms with E-state index in [1.165, 1.54) is 24.8 Å². The van der Waals surface area contributed by atoms with Crippen LogP contribution in [0, 0.1) is 5.92 Å². The van der Waals surface area contributed by atoms with Crippen molar-refractivity contribution in [1.82, 2.24) is 5.32 Å². The second-order valence-electron chi connectivity index (χ2n) is 3.95. The minimum atomic E-state index is 0.675. The molecule has 1 heterocycles. The summed E-state index contributed by atoms with van der Waals surface area (Å²) < 4.78 is 0. The molecule has 0 fully saturated rings. The molecule has 0 aliphatic heterocycles. The fourth-order valence-corrected chi connectivity index (χ4v) is 2.62. The summed E-state index contributed by atoms with van der Waals surface area (Å²) in [6.07, 6.45) is 3.74. The summed E-state index contributed by atoms with van der Waals surface area (Å²) in [5, 5.41) is 7.80. The van der Waals surface area contributed by atoms with E-state index in [0.29, 0.717) is 6.04 Å².